The summed E-state index contributed by atoms with van der Waals surface area (Å²) in [6.45, 7) is 5.87. The molecule has 0 aliphatic carbocycles. The van der Waals surface area contributed by atoms with Gasteiger partial charge in [0.25, 0.3) is 0 Å². The SMILES string of the molecule is CCNC(=O)C(C)NCC1OCCc2ccccc21. The summed E-state index contributed by atoms with van der Waals surface area (Å²) in [4.78, 5) is 11.6. The zero-order valence-corrected chi connectivity index (χ0v) is 11.6. The predicted octanol–water partition coefficient (Wildman–Crippen LogP) is 1.41. The summed E-state index contributed by atoms with van der Waals surface area (Å²) in [5, 5.41) is 6.05. The van der Waals surface area contributed by atoms with Crippen LogP contribution in [0.15, 0.2) is 24.3 Å². The van der Waals surface area contributed by atoms with Gasteiger partial charge in [0.15, 0.2) is 0 Å². The van der Waals surface area contributed by atoms with Crippen LogP contribution in [0.4, 0.5) is 0 Å². The predicted molar refractivity (Wildman–Crippen MR) is 75.0 cm³/mol. The van der Waals surface area contributed by atoms with Gasteiger partial charge in [0, 0.05) is 13.1 Å². The van der Waals surface area contributed by atoms with Crippen LogP contribution in [0.2, 0.25) is 0 Å². The number of carbonyl (C=O) groups is 1. The highest BCUT2D eigenvalue weighted by atomic mass is 16.5. The van der Waals surface area contributed by atoms with Gasteiger partial charge in [-0.15, -0.1) is 0 Å². The lowest BCUT2D eigenvalue weighted by atomic mass is 9.97. The topological polar surface area (TPSA) is 50.4 Å². The van der Waals surface area contributed by atoms with Crippen LogP contribution in [0.3, 0.4) is 0 Å². The summed E-state index contributed by atoms with van der Waals surface area (Å²) in [7, 11) is 0. The van der Waals surface area contributed by atoms with Gasteiger partial charge in [-0.2, -0.15) is 0 Å². The maximum absolute atomic E-state index is 11.6. The zero-order valence-electron chi connectivity index (χ0n) is 11.6. The van der Waals surface area contributed by atoms with E-state index in [9.17, 15) is 4.79 Å². The summed E-state index contributed by atoms with van der Waals surface area (Å²) >= 11 is 0. The van der Waals surface area contributed by atoms with Crippen LogP contribution in [-0.4, -0.2) is 31.6 Å². The number of hydrogen-bond acceptors (Lipinski definition) is 3. The lowest BCUT2D eigenvalue weighted by Crippen LogP contribution is -2.44. The highest BCUT2D eigenvalue weighted by Gasteiger charge is 2.21. The maximum Gasteiger partial charge on any atom is 0.236 e. The Balaban J connectivity index is 1.92. The van der Waals surface area contributed by atoms with E-state index in [2.05, 4.69) is 28.8 Å². The molecule has 1 amide bonds. The number of benzene rings is 1. The molecule has 4 nitrogen and oxygen atoms in total. The number of rotatable bonds is 5. The second kappa shape index (κ2) is 6.68. The highest BCUT2D eigenvalue weighted by Crippen LogP contribution is 2.26. The van der Waals surface area contributed by atoms with Crippen LogP contribution in [0.25, 0.3) is 0 Å². The van der Waals surface area contributed by atoms with Crippen molar-refractivity contribution < 1.29 is 9.53 Å². The van der Waals surface area contributed by atoms with Crippen molar-refractivity contribution in [2.45, 2.75) is 32.4 Å². The molecule has 0 saturated carbocycles. The molecule has 0 aromatic heterocycles. The van der Waals surface area contributed by atoms with E-state index in [-0.39, 0.29) is 18.1 Å². The molecule has 2 rings (SSSR count). The van der Waals surface area contributed by atoms with E-state index in [1.54, 1.807) is 0 Å². The Morgan fingerprint density at radius 1 is 1.47 bits per heavy atom. The summed E-state index contributed by atoms with van der Waals surface area (Å²) in [6.07, 6.45) is 1.01. The Morgan fingerprint density at radius 3 is 3.05 bits per heavy atom. The van der Waals surface area contributed by atoms with Gasteiger partial charge >= 0.3 is 0 Å². The van der Waals surface area contributed by atoms with Gasteiger partial charge in [-0.1, -0.05) is 24.3 Å². The first kappa shape index (κ1) is 14.0. The van der Waals surface area contributed by atoms with Crippen molar-refractivity contribution in [3.05, 3.63) is 35.4 Å². The van der Waals surface area contributed by atoms with Gasteiger partial charge in [-0.25, -0.2) is 0 Å². The van der Waals surface area contributed by atoms with E-state index in [4.69, 9.17) is 4.74 Å². The third-order valence-corrected chi connectivity index (χ3v) is 3.45. The smallest absolute Gasteiger partial charge is 0.236 e. The molecule has 0 radical (unpaired) electrons. The van der Waals surface area contributed by atoms with Crippen LogP contribution in [0.5, 0.6) is 0 Å². The second-order valence-corrected chi connectivity index (χ2v) is 4.83. The second-order valence-electron chi connectivity index (χ2n) is 4.83. The first-order chi connectivity index (χ1) is 9.22. The molecule has 1 aromatic carbocycles. The number of hydrogen-bond donors (Lipinski definition) is 2. The number of amides is 1. The Morgan fingerprint density at radius 2 is 2.26 bits per heavy atom. The summed E-state index contributed by atoms with van der Waals surface area (Å²) in [6, 6.07) is 8.16. The van der Waals surface area contributed by atoms with Gasteiger partial charge in [0.2, 0.25) is 5.91 Å². The van der Waals surface area contributed by atoms with Crippen molar-refractivity contribution >= 4 is 5.91 Å². The number of likely N-dealkylation sites (N-methyl/N-ethyl adjacent to an activating group) is 1. The molecular weight excluding hydrogens is 240 g/mol. The molecule has 0 bridgehead atoms. The molecular formula is C15H22N2O2. The number of nitrogens with one attached hydrogen (secondary N) is 2. The third-order valence-electron chi connectivity index (χ3n) is 3.45. The highest BCUT2D eigenvalue weighted by molar-refractivity contribution is 5.81. The molecule has 1 heterocycles. The van der Waals surface area contributed by atoms with Crippen molar-refractivity contribution in [2.24, 2.45) is 0 Å². The number of fused-ring (bicyclic) bond motifs is 1. The minimum Gasteiger partial charge on any atom is -0.372 e. The van der Waals surface area contributed by atoms with Crippen LogP contribution >= 0.6 is 0 Å². The third kappa shape index (κ3) is 3.55. The van der Waals surface area contributed by atoms with Crippen LogP contribution in [-0.2, 0) is 16.0 Å². The van der Waals surface area contributed by atoms with Crippen molar-refractivity contribution in [3.8, 4) is 0 Å². The van der Waals surface area contributed by atoms with Crippen LogP contribution in [0.1, 0.15) is 31.1 Å². The van der Waals surface area contributed by atoms with E-state index in [0.717, 1.165) is 13.0 Å². The summed E-state index contributed by atoms with van der Waals surface area (Å²) in [5.74, 6) is 0.0339. The molecule has 4 heteroatoms. The molecule has 19 heavy (non-hydrogen) atoms. The first-order valence-electron chi connectivity index (χ1n) is 6.93. The van der Waals surface area contributed by atoms with Gasteiger partial charge in [-0.3, -0.25) is 4.79 Å². The first-order valence-corrected chi connectivity index (χ1v) is 6.93. The van der Waals surface area contributed by atoms with Gasteiger partial charge in [0.05, 0.1) is 18.8 Å². The molecule has 2 N–H and O–H groups in total. The molecule has 104 valence electrons. The molecule has 0 spiro atoms. The Bertz CT molecular complexity index is 434. The zero-order chi connectivity index (χ0) is 13.7. The molecule has 1 aromatic rings. The molecule has 1 aliphatic heterocycles. The molecule has 1 aliphatic rings. The van der Waals surface area contributed by atoms with Crippen LogP contribution < -0.4 is 10.6 Å². The average molecular weight is 262 g/mol. The number of carbonyl (C=O) groups excluding carboxylic acids is 1. The number of ether oxygens (including phenoxy) is 1. The average Bonchev–Trinajstić information content (AvgIpc) is 2.45. The summed E-state index contributed by atoms with van der Waals surface area (Å²) < 4.78 is 5.80. The van der Waals surface area contributed by atoms with E-state index < -0.39 is 0 Å². The maximum atomic E-state index is 11.6. The van der Waals surface area contributed by atoms with Crippen molar-refractivity contribution in [1.82, 2.24) is 10.6 Å². The minimum atomic E-state index is -0.197. The fourth-order valence-electron chi connectivity index (χ4n) is 2.35. The van der Waals surface area contributed by atoms with Crippen molar-refractivity contribution in [1.29, 1.82) is 0 Å². The van der Waals surface area contributed by atoms with Crippen molar-refractivity contribution in [3.63, 3.8) is 0 Å². The Labute approximate surface area is 114 Å². The minimum absolute atomic E-state index is 0.0339. The Kier molecular flexibility index (Phi) is 4.93. The molecule has 0 saturated heterocycles. The van der Waals surface area contributed by atoms with E-state index in [0.29, 0.717) is 13.1 Å². The summed E-state index contributed by atoms with van der Waals surface area (Å²) in [5.41, 5.74) is 2.59. The monoisotopic (exact) mass is 262 g/mol. The lowest BCUT2D eigenvalue weighted by molar-refractivity contribution is -0.122. The Hall–Kier alpha value is -1.39. The fraction of sp³-hybridized carbons (Fsp3) is 0.533. The molecule has 0 fully saturated rings. The quantitative estimate of drug-likeness (QED) is 0.843. The van der Waals surface area contributed by atoms with E-state index >= 15 is 0 Å². The molecule has 2 atom stereocenters. The lowest BCUT2D eigenvalue weighted by Gasteiger charge is -2.27. The fourth-order valence-corrected chi connectivity index (χ4v) is 2.35. The van der Waals surface area contributed by atoms with E-state index in [1.165, 1.54) is 11.1 Å². The van der Waals surface area contributed by atoms with Gasteiger partial charge in [-0.05, 0) is 31.4 Å². The van der Waals surface area contributed by atoms with E-state index in [1.807, 2.05) is 19.9 Å². The van der Waals surface area contributed by atoms with Crippen molar-refractivity contribution in [2.75, 3.05) is 19.7 Å². The molecule has 2 unspecified atom stereocenters. The standard InChI is InChI=1S/C15H22N2O2/c1-3-16-15(18)11(2)17-10-14-13-7-5-4-6-12(13)8-9-19-14/h4-7,11,14,17H,3,8-10H2,1-2H3,(H,16,18). The normalized spacial score (nSPS) is 19.6. The van der Waals surface area contributed by atoms with Gasteiger partial charge < -0.3 is 15.4 Å². The van der Waals surface area contributed by atoms with Gasteiger partial charge in [0.1, 0.15) is 0 Å². The largest absolute Gasteiger partial charge is 0.372 e. The van der Waals surface area contributed by atoms with Crippen LogP contribution in [0, 0.1) is 0 Å².